The van der Waals surface area contributed by atoms with Crippen LogP contribution in [0.25, 0.3) is 5.69 Å². The van der Waals surface area contributed by atoms with Crippen molar-refractivity contribution in [2.24, 2.45) is 0 Å². The normalized spacial score (nSPS) is 10.2. The van der Waals surface area contributed by atoms with Gasteiger partial charge in [0, 0.05) is 6.20 Å². The Bertz CT molecular complexity index is 854. The lowest BCUT2D eigenvalue weighted by atomic mass is 10.2. The number of para-hydroxylation sites is 1. The molecule has 1 heterocycles. The van der Waals surface area contributed by atoms with Gasteiger partial charge < -0.3 is 9.47 Å². The van der Waals surface area contributed by atoms with Crippen LogP contribution in [0.15, 0.2) is 67.0 Å². The summed E-state index contributed by atoms with van der Waals surface area (Å²) in [6.07, 6.45) is 3.04. The van der Waals surface area contributed by atoms with E-state index in [1.165, 1.54) is 37.6 Å². The number of aromatic nitrogens is 2. The highest BCUT2D eigenvalue weighted by atomic mass is 16.5. The van der Waals surface area contributed by atoms with Gasteiger partial charge in [0.1, 0.15) is 5.75 Å². The molecule has 0 bridgehead atoms. The molecule has 0 aliphatic rings. The van der Waals surface area contributed by atoms with Gasteiger partial charge in [0.2, 0.25) is 0 Å². The second kappa shape index (κ2) is 6.78. The predicted molar refractivity (Wildman–Crippen MR) is 86.3 cm³/mol. The van der Waals surface area contributed by atoms with Gasteiger partial charge in [0.05, 0.1) is 30.1 Å². The molecule has 120 valence electrons. The van der Waals surface area contributed by atoms with Crippen LogP contribution in [0.3, 0.4) is 0 Å². The van der Waals surface area contributed by atoms with Crippen LogP contribution in [0.4, 0.5) is 0 Å². The summed E-state index contributed by atoms with van der Waals surface area (Å²) < 4.78 is 11.5. The Morgan fingerprint density at radius 3 is 2.29 bits per heavy atom. The lowest BCUT2D eigenvalue weighted by molar-refractivity contribution is 0.0600. The zero-order valence-corrected chi connectivity index (χ0v) is 12.9. The first-order valence-electron chi connectivity index (χ1n) is 7.18. The van der Waals surface area contributed by atoms with Crippen molar-refractivity contribution in [1.29, 1.82) is 0 Å². The van der Waals surface area contributed by atoms with Crippen molar-refractivity contribution < 1.29 is 19.1 Å². The maximum Gasteiger partial charge on any atom is 0.346 e. The first-order valence-corrected chi connectivity index (χ1v) is 7.18. The predicted octanol–water partition coefficient (Wildman–Crippen LogP) is 2.88. The lowest BCUT2D eigenvalue weighted by Crippen LogP contribution is -2.08. The van der Waals surface area contributed by atoms with Gasteiger partial charge in [-0.2, -0.15) is 5.10 Å². The number of hydrogen-bond donors (Lipinski definition) is 0. The topological polar surface area (TPSA) is 70.4 Å². The fourth-order valence-corrected chi connectivity index (χ4v) is 2.09. The van der Waals surface area contributed by atoms with Crippen LogP contribution in [-0.4, -0.2) is 28.8 Å². The van der Waals surface area contributed by atoms with E-state index in [0.29, 0.717) is 16.9 Å². The monoisotopic (exact) mass is 322 g/mol. The minimum Gasteiger partial charge on any atom is -0.465 e. The maximum atomic E-state index is 12.2. The number of carbonyl (C=O) groups excluding carboxylic acids is 2. The average molecular weight is 322 g/mol. The van der Waals surface area contributed by atoms with E-state index in [9.17, 15) is 9.59 Å². The zero-order chi connectivity index (χ0) is 16.9. The smallest absolute Gasteiger partial charge is 0.346 e. The van der Waals surface area contributed by atoms with Crippen molar-refractivity contribution in [2.75, 3.05) is 7.11 Å². The van der Waals surface area contributed by atoms with Gasteiger partial charge in [-0.15, -0.1) is 0 Å². The minimum absolute atomic E-state index is 0.330. The Hall–Kier alpha value is -3.41. The molecule has 0 aliphatic heterocycles. The second-order valence-electron chi connectivity index (χ2n) is 4.91. The molecule has 1 aromatic heterocycles. The van der Waals surface area contributed by atoms with Crippen molar-refractivity contribution in [2.45, 2.75) is 0 Å². The van der Waals surface area contributed by atoms with Crippen molar-refractivity contribution >= 4 is 11.9 Å². The summed E-state index contributed by atoms with van der Waals surface area (Å²) in [6.45, 7) is 0. The largest absolute Gasteiger partial charge is 0.465 e. The standard InChI is InChI=1S/C18H14N2O4/c1-23-17(21)13-7-9-16(10-8-13)24-18(22)14-11-19-20(12-14)15-5-3-2-4-6-15/h2-12H,1H3. The van der Waals surface area contributed by atoms with E-state index in [2.05, 4.69) is 9.84 Å². The number of rotatable bonds is 4. The average Bonchev–Trinajstić information content (AvgIpc) is 3.13. The molecule has 0 aliphatic carbocycles. The molecule has 0 unspecified atom stereocenters. The highest BCUT2D eigenvalue weighted by molar-refractivity contribution is 5.91. The quantitative estimate of drug-likeness (QED) is 0.545. The molecular formula is C18H14N2O4. The van der Waals surface area contributed by atoms with Crippen molar-refractivity contribution in [3.8, 4) is 11.4 Å². The third-order valence-electron chi connectivity index (χ3n) is 3.32. The highest BCUT2D eigenvalue weighted by Crippen LogP contribution is 2.15. The van der Waals surface area contributed by atoms with Crippen molar-refractivity contribution in [3.05, 3.63) is 78.1 Å². The van der Waals surface area contributed by atoms with Gasteiger partial charge in [0.25, 0.3) is 0 Å². The Kier molecular flexibility index (Phi) is 4.38. The molecule has 24 heavy (non-hydrogen) atoms. The van der Waals surface area contributed by atoms with Crippen LogP contribution in [-0.2, 0) is 4.74 Å². The zero-order valence-electron chi connectivity index (χ0n) is 12.9. The molecule has 6 heteroatoms. The van der Waals surface area contributed by atoms with Gasteiger partial charge in [0.15, 0.2) is 0 Å². The van der Waals surface area contributed by atoms with Gasteiger partial charge >= 0.3 is 11.9 Å². The van der Waals surface area contributed by atoms with E-state index in [0.717, 1.165) is 5.69 Å². The molecule has 0 spiro atoms. The van der Waals surface area contributed by atoms with Gasteiger partial charge in [-0.1, -0.05) is 18.2 Å². The first kappa shape index (κ1) is 15.5. The minimum atomic E-state index is -0.525. The van der Waals surface area contributed by atoms with E-state index in [-0.39, 0.29) is 0 Å². The van der Waals surface area contributed by atoms with Crippen LogP contribution in [0.2, 0.25) is 0 Å². The molecule has 0 atom stereocenters. The van der Waals surface area contributed by atoms with Crippen LogP contribution >= 0.6 is 0 Å². The summed E-state index contributed by atoms with van der Waals surface area (Å²) in [5, 5.41) is 4.15. The van der Waals surface area contributed by atoms with Gasteiger partial charge in [-0.25, -0.2) is 14.3 Å². The fraction of sp³-hybridized carbons (Fsp3) is 0.0556. The summed E-state index contributed by atoms with van der Waals surface area (Å²) in [6, 6.07) is 15.6. The number of benzene rings is 2. The molecule has 0 amide bonds. The number of nitrogens with zero attached hydrogens (tertiary/aromatic N) is 2. The van der Waals surface area contributed by atoms with E-state index in [4.69, 9.17) is 4.74 Å². The molecule has 0 fully saturated rings. The van der Waals surface area contributed by atoms with Gasteiger partial charge in [-0.3, -0.25) is 0 Å². The number of ether oxygens (including phenoxy) is 2. The molecule has 3 rings (SSSR count). The SMILES string of the molecule is COC(=O)c1ccc(OC(=O)c2cnn(-c3ccccc3)c2)cc1. The molecule has 3 aromatic rings. The summed E-state index contributed by atoms with van der Waals surface area (Å²) in [7, 11) is 1.31. The number of methoxy groups -OCH3 is 1. The van der Waals surface area contributed by atoms with Crippen molar-refractivity contribution in [1.82, 2.24) is 9.78 Å². The van der Waals surface area contributed by atoms with Crippen LogP contribution in [0.1, 0.15) is 20.7 Å². The van der Waals surface area contributed by atoms with E-state index in [1.807, 2.05) is 30.3 Å². The maximum absolute atomic E-state index is 12.2. The Morgan fingerprint density at radius 1 is 0.917 bits per heavy atom. The number of carbonyl (C=O) groups is 2. The van der Waals surface area contributed by atoms with E-state index >= 15 is 0 Å². The fourth-order valence-electron chi connectivity index (χ4n) is 2.09. The summed E-state index contributed by atoms with van der Waals surface area (Å²) in [4.78, 5) is 23.5. The molecule has 0 saturated carbocycles. The third-order valence-corrected chi connectivity index (χ3v) is 3.32. The van der Waals surface area contributed by atoms with Crippen LogP contribution < -0.4 is 4.74 Å². The lowest BCUT2D eigenvalue weighted by Gasteiger charge is -2.04. The van der Waals surface area contributed by atoms with E-state index in [1.54, 1.807) is 10.9 Å². The third kappa shape index (κ3) is 3.33. The molecular weight excluding hydrogens is 308 g/mol. The molecule has 0 N–H and O–H groups in total. The molecule has 0 radical (unpaired) electrons. The van der Waals surface area contributed by atoms with Crippen LogP contribution in [0.5, 0.6) is 5.75 Å². The molecule has 0 saturated heterocycles. The summed E-state index contributed by atoms with van der Waals surface area (Å²) in [5.74, 6) is -0.639. The highest BCUT2D eigenvalue weighted by Gasteiger charge is 2.13. The number of hydrogen-bond acceptors (Lipinski definition) is 5. The van der Waals surface area contributed by atoms with Gasteiger partial charge in [-0.05, 0) is 36.4 Å². The summed E-state index contributed by atoms with van der Waals surface area (Å²) >= 11 is 0. The van der Waals surface area contributed by atoms with E-state index < -0.39 is 11.9 Å². The molecule has 2 aromatic carbocycles. The van der Waals surface area contributed by atoms with Crippen molar-refractivity contribution in [3.63, 3.8) is 0 Å². The summed E-state index contributed by atoms with van der Waals surface area (Å²) in [5.41, 5.74) is 1.56. The van der Waals surface area contributed by atoms with Crippen LogP contribution in [0, 0.1) is 0 Å². The number of esters is 2. The first-order chi connectivity index (χ1) is 11.7. The molecule has 6 nitrogen and oxygen atoms in total. The Balaban J connectivity index is 1.71. The second-order valence-corrected chi connectivity index (χ2v) is 4.91. The Morgan fingerprint density at radius 2 is 1.62 bits per heavy atom. The Labute approximate surface area is 138 Å².